The Kier molecular flexibility index (Phi) is 3.96. The van der Waals surface area contributed by atoms with Crippen molar-refractivity contribution in [2.24, 2.45) is 0 Å². The molecule has 0 aliphatic carbocycles. The summed E-state index contributed by atoms with van der Waals surface area (Å²) in [6, 6.07) is 7.53. The number of nitrogens with one attached hydrogen (secondary N) is 1. The lowest BCUT2D eigenvalue weighted by Crippen LogP contribution is -2.05. The summed E-state index contributed by atoms with van der Waals surface area (Å²) >= 11 is 0. The number of aromatic nitrogens is 2. The summed E-state index contributed by atoms with van der Waals surface area (Å²) in [5, 5.41) is 3.13. The van der Waals surface area contributed by atoms with E-state index in [2.05, 4.69) is 15.3 Å². The molecule has 0 radical (unpaired) electrons. The molecule has 18 heavy (non-hydrogen) atoms. The lowest BCUT2D eigenvalue weighted by atomic mass is 10.2. The molecule has 2 rings (SSSR count). The van der Waals surface area contributed by atoms with Crippen LogP contribution >= 0.6 is 0 Å². The maximum absolute atomic E-state index is 5.35. The second-order valence-corrected chi connectivity index (χ2v) is 3.58. The van der Waals surface area contributed by atoms with Crippen LogP contribution < -0.4 is 14.8 Å². The van der Waals surface area contributed by atoms with Crippen LogP contribution in [0.5, 0.6) is 11.5 Å². The number of para-hydroxylation sites is 1. The first-order chi connectivity index (χ1) is 8.85. The van der Waals surface area contributed by atoms with Crippen molar-refractivity contribution in [3.63, 3.8) is 0 Å². The third-order valence-corrected chi connectivity index (χ3v) is 2.49. The number of methoxy groups -OCH3 is 2. The second kappa shape index (κ2) is 5.86. The Morgan fingerprint density at radius 3 is 2.50 bits per heavy atom. The molecule has 5 nitrogen and oxygen atoms in total. The first-order valence-electron chi connectivity index (χ1n) is 5.56. The summed E-state index contributed by atoms with van der Waals surface area (Å²) in [5.41, 5.74) is 0.990. The highest BCUT2D eigenvalue weighted by molar-refractivity contribution is 5.47. The van der Waals surface area contributed by atoms with Crippen LogP contribution in [0.1, 0.15) is 5.56 Å². The van der Waals surface area contributed by atoms with Gasteiger partial charge in [-0.15, -0.1) is 0 Å². The molecule has 0 bridgehead atoms. The normalized spacial score (nSPS) is 9.89. The fourth-order valence-corrected chi connectivity index (χ4v) is 1.66. The van der Waals surface area contributed by atoms with E-state index in [4.69, 9.17) is 9.47 Å². The highest BCUT2D eigenvalue weighted by Gasteiger charge is 2.09. The summed E-state index contributed by atoms with van der Waals surface area (Å²) in [4.78, 5) is 8.20. The predicted molar refractivity (Wildman–Crippen MR) is 68.9 cm³/mol. The van der Waals surface area contributed by atoms with Gasteiger partial charge in [0.15, 0.2) is 11.5 Å². The van der Waals surface area contributed by atoms with E-state index in [1.165, 1.54) is 0 Å². The summed E-state index contributed by atoms with van der Waals surface area (Å²) < 4.78 is 10.6. The standard InChI is InChI=1S/C13H15N3O2/c1-17-11-6-3-5-10(12(11)18-2)9-16-13-14-7-4-8-15-13/h3-8H,9H2,1-2H3,(H,14,15,16). The molecule has 0 fully saturated rings. The summed E-state index contributed by atoms with van der Waals surface area (Å²) in [6.07, 6.45) is 3.39. The van der Waals surface area contributed by atoms with Crippen LogP contribution in [-0.4, -0.2) is 24.2 Å². The zero-order valence-electron chi connectivity index (χ0n) is 10.4. The lowest BCUT2D eigenvalue weighted by Gasteiger charge is -2.12. The van der Waals surface area contributed by atoms with E-state index in [0.29, 0.717) is 18.2 Å². The van der Waals surface area contributed by atoms with E-state index in [-0.39, 0.29) is 0 Å². The van der Waals surface area contributed by atoms with E-state index >= 15 is 0 Å². The van der Waals surface area contributed by atoms with Crippen LogP contribution in [0.4, 0.5) is 5.95 Å². The van der Waals surface area contributed by atoms with Gasteiger partial charge in [-0.3, -0.25) is 0 Å². The number of hydrogen-bond acceptors (Lipinski definition) is 5. The smallest absolute Gasteiger partial charge is 0.222 e. The Morgan fingerprint density at radius 2 is 1.83 bits per heavy atom. The van der Waals surface area contributed by atoms with E-state index in [1.807, 2.05) is 18.2 Å². The van der Waals surface area contributed by atoms with Gasteiger partial charge in [-0.2, -0.15) is 0 Å². The van der Waals surface area contributed by atoms with Gasteiger partial charge in [-0.25, -0.2) is 9.97 Å². The van der Waals surface area contributed by atoms with Crippen LogP contribution in [0.3, 0.4) is 0 Å². The van der Waals surface area contributed by atoms with Gasteiger partial charge in [0.2, 0.25) is 5.95 Å². The summed E-state index contributed by atoms with van der Waals surface area (Å²) in [6.45, 7) is 0.574. The maximum atomic E-state index is 5.35. The Hall–Kier alpha value is -2.30. The number of rotatable bonds is 5. The molecule has 1 aromatic heterocycles. The van der Waals surface area contributed by atoms with Crippen LogP contribution in [0.15, 0.2) is 36.7 Å². The SMILES string of the molecule is COc1cccc(CNc2ncccn2)c1OC. The molecule has 5 heteroatoms. The molecular formula is C13H15N3O2. The average Bonchev–Trinajstić information content (AvgIpc) is 2.45. The molecule has 0 saturated carbocycles. The van der Waals surface area contributed by atoms with Crippen LogP contribution in [-0.2, 0) is 6.54 Å². The molecule has 1 aromatic carbocycles. The van der Waals surface area contributed by atoms with Crippen molar-refractivity contribution < 1.29 is 9.47 Å². The minimum absolute atomic E-state index is 0.574. The molecule has 0 aliphatic heterocycles. The van der Waals surface area contributed by atoms with Crippen molar-refractivity contribution >= 4 is 5.95 Å². The monoisotopic (exact) mass is 245 g/mol. The maximum Gasteiger partial charge on any atom is 0.222 e. The van der Waals surface area contributed by atoms with Gasteiger partial charge in [-0.05, 0) is 12.1 Å². The van der Waals surface area contributed by atoms with Gasteiger partial charge in [0.05, 0.1) is 14.2 Å². The fourth-order valence-electron chi connectivity index (χ4n) is 1.66. The van der Waals surface area contributed by atoms with Crippen LogP contribution in [0.2, 0.25) is 0 Å². The Labute approximate surface area is 106 Å². The molecule has 2 aromatic rings. The Morgan fingerprint density at radius 1 is 1.06 bits per heavy atom. The van der Waals surface area contributed by atoms with Gasteiger partial charge in [0.1, 0.15) is 0 Å². The Balaban J connectivity index is 2.14. The molecule has 94 valence electrons. The number of ether oxygens (including phenoxy) is 2. The summed E-state index contributed by atoms with van der Waals surface area (Å²) in [5.74, 6) is 2.02. The highest BCUT2D eigenvalue weighted by Crippen LogP contribution is 2.30. The molecule has 0 spiro atoms. The van der Waals surface area contributed by atoms with Crippen molar-refractivity contribution in [3.8, 4) is 11.5 Å². The van der Waals surface area contributed by atoms with Gasteiger partial charge in [-0.1, -0.05) is 12.1 Å². The minimum atomic E-state index is 0.574. The first kappa shape index (κ1) is 12.2. The average molecular weight is 245 g/mol. The number of hydrogen-bond donors (Lipinski definition) is 1. The molecule has 1 N–H and O–H groups in total. The lowest BCUT2D eigenvalue weighted by molar-refractivity contribution is 0.352. The van der Waals surface area contributed by atoms with E-state index in [9.17, 15) is 0 Å². The van der Waals surface area contributed by atoms with Crippen molar-refractivity contribution in [2.45, 2.75) is 6.54 Å². The van der Waals surface area contributed by atoms with E-state index < -0.39 is 0 Å². The first-order valence-corrected chi connectivity index (χ1v) is 5.56. The van der Waals surface area contributed by atoms with Crippen molar-refractivity contribution in [1.29, 1.82) is 0 Å². The fraction of sp³-hybridized carbons (Fsp3) is 0.231. The van der Waals surface area contributed by atoms with Gasteiger partial charge in [0, 0.05) is 24.5 Å². The van der Waals surface area contributed by atoms with Gasteiger partial charge >= 0.3 is 0 Å². The van der Waals surface area contributed by atoms with Crippen LogP contribution in [0.25, 0.3) is 0 Å². The quantitative estimate of drug-likeness (QED) is 0.874. The van der Waals surface area contributed by atoms with Gasteiger partial charge in [0.25, 0.3) is 0 Å². The molecule has 1 heterocycles. The zero-order valence-corrected chi connectivity index (χ0v) is 10.4. The number of anilines is 1. The number of benzene rings is 1. The summed E-state index contributed by atoms with van der Waals surface area (Å²) in [7, 11) is 3.25. The Bertz CT molecular complexity index is 503. The molecule has 0 aliphatic rings. The largest absolute Gasteiger partial charge is 0.493 e. The zero-order chi connectivity index (χ0) is 12.8. The molecule has 0 saturated heterocycles. The van der Waals surface area contributed by atoms with E-state index in [1.54, 1.807) is 32.7 Å². The molecule has 0 unspecified atom stereocenters. The van der Waals surface area contributed by atoms with Crippen molar-refractivity contribution in [1.82, 2.24) is 9.97 Å². The molecule has 0 atom stereocenters. The topological polar surface area (TPSA) is 56.3 Å². The third-order valence-electron chi connectivity index (χ3n) is 2.49. The van der Waals surface area contributed by atoms with Crippen molar-refractivity contribution in [2.75, 3.05) is 19.5 Å². The third kappa shape index (κ3) is 2.68. The molecule has 0 amide bonds. The van der Waals surface area contributed by atoms with Crippen LogP contribution in [0, 0.1) is 0 Å². The number of nitrogens with zero attached hydrogens (tertiary/aromatic N) is 2. The highest BCUT2D eigenvalue weighted by atomic mass is 16.5. The van der Waals surface area contributed by atoms with Gasteiger partial charge < -0.3 is 14.8 Å². The predicted octanol–water partition coefficient (Wildman–Crippen LogP) is 2.11. The molecular weight excluding hydrogens is 230 g/mol. The second-order valence-electron chi connectivity index (χ2n) is 3.58. The van der Waals surface area contributed by atoms with E-state index in [0.717, 1.165) is 11.3 Å². The minimum Gasteiger partial charge on any atom is -0.493 e. The van der Waals surface area contributed by atoms with Crippen molar-refractivity contribution in [3.05, 3.63) is 42.2 Å².